The summed E-state index contributed by atoms with van der Waals surface area (Å²) in [4.78, 5) is 0.863. The topological polar surface area (TPSA) is 20.2 Å². The number of thiophene rings is 1. The van der Waals surface area contributed by atoms with E-state index in [-0.39, 0.29) is 0 Å². The van der Waals surface area contributed by atoms with E-state index in [1.807, 2.05) is 53.9 Å². The van der Waals surface area contributed by atoms with Crippen LogP contribution < -0.4 is 0 Å². The average Bonchev–Trinajstić information content (AvgIpc) is 2.94. The van der Waals surface area contributed by atoms with E-state index in [9.17, 15) is 5.11 Å². The zero-order chi connectivity index (χ0) is 13.9. The monoisotopic (exact) mass is 300 g/mol. The maximum Gasteiger partial charge on any atom is 0.113 e. The second kappa shape index (κ2) is 5.80. The van der Waals surface area contributed by atoms with Crippen LogP contribution in [0.5, 0.6) is 0 Å². The minimum absolute atomic E-state index is 0.614. The second-order valence-corrected chi connectivity index (χ2v) is 5.94. The van der Waals surface area contributed by atoms with E-state index in [1.165, 1.54) is 16.9 Å². The Hall–Kier alpha value is -1.61. The maximum atomic E-state index is 10.3. The smallest absolute Gasteiger partial charge is 0.113 e. The first-order chi connectivity index (χ1) is 9.74. The number of aliphatic hydroxyl groups excluding tert-OH is 1. The van der Waals surface area contributed by atoms with Crippen molar-refractivity contribution in [2.75, 3.05) is 0 Å². The Morgan fingerprint density at radius 1 is 0.900 bits per heavy atom. The van der Waals surface area contributed by atoms with Crippen molar-refractivity contribution in [2.24, 2.45) is 0 Å². The van der Waals surface area contributed by atoms with Crippen LogP contribution in [0.3, 0.4) is 0 Å². The fourth-order valence-corrected chi connectivity index (χ4v) is 3.22. The zero-order valence-corrected chi connectivity index (χ0v) is 12.2. The van der Waals surface area contributed by atoms with Crippen molar-refractivity contribution in [3.63, 3.8) is 0 Å². The van der Waals surface area contributed by atoms with Gasteiger partial charge in [0.2, 0.25) is 0 Å². The van der Waals surface area contributed by atoms with Crippen LogP contribution in [-0.2, 0) is 0 Å². The Labute approximate surface area is 127 Å². The molecule has 0 saturated carbocycles. The minimum atomic E-state index is -0.614. The molecule has 0 amide bonds. The van der Waals surface area contributed by atoms with E-state index in [0.717, 1.165) is 16.0 Å². The van der Waals surface area contributed by atoms with Crippen LogP contribution in [0.25, 0.3) is 11.1 Å². The predicted molar refractivity (Wildman–Crippen MR) is 85.3 cm³/mol. The van der Waals surface area contributed by atoms with Crippen LogP contribution in [0.4, 0.5) is 0 Å². The number of halogens is 1. The summed E-state index contributed by atoms with van der Waals surface area (Å²) in [6, 6.07) is 20.0. The lowest BCUT2D eigenvalue weighted by molar-refractivity contribution is 0.224. The fourth-order valence-electron chi connectivity index (χ4n) is 2.12. The van der Waals surface area contributed by atoms with Crippen molar-refractivity contribution in [3.8, 4) is 11.1 Å². The third kappa shape index (κ3) is 2.78. The molecule has 0 radical (unpaired) electrons. The van der Waals surface area contributed by atoms with E-state index in [1.54, 1.807) is 0 Å². The van der Waals surface area contributed by atoms with Crippen molar-refractivity contribution in [3.05, 3.63) is 81.5 Å². The molecule has 100 valence electrons. The molecular formula is C17H13ClOS. The number of aliphatic hydroxyl groups is 1. The molecule has 1 unspecified atom stereocenters. The molecule has 0 aliphatic rings. The van der Waals surface area contributed by atoms with Gasteiger partial charge in [-0.2, -0.15) is 0 Å². The highest BCUT2D eigenvalue weighted by Crippen LogP contribution is 2.30. The molecule has 1 heterocycles. The average molecular weight is 301 g/mol. The van der Waals surface area contributed by atoms with Gasteiger partial charge in [-0.3, -0.25) is 0 Å². The molecule has 0 saturated heterocycles. The molecule has 0 bridgehead atoms. The molecule has 20 heavy (non-hydrogen) atoms. The molecule has 2 aromatic carbocycles. The number of rotatable bonds is 3. The molecule has 3 heteroatoms. The standard InChI is InChI=1S/C17H13ClOS/c18-15-10-16(20-11-15)17(19)14-8-6-13(7-9-14)12-4-2-1-3-5-12/h1-11,17,19H. The van der Waals surface area contributed by atoms with Crippen LogP contribution in [0.15, 0.2) is 66.0 Å². The van der Waals surface area contributed by atoms with Gasteiger partial charge in [0.05, 0.1) is 5.02 Å². The van der Waals surface area contributed by atoms with Crippen LogP contribution >= 0.6 is 22.9 Å². The molecule has 1 aromatic heterocycles. The lowest BCUT2D eigenvalue weighted by Gasteiger charge is -2.10. The molecule has 0 spiro atoms. The first kappa shape index (κ1) is 13.4. The molecule has 1 N–H and O–H groups in total. The highest BCUT2D eigenvalue weighted by atomic mass is 35.5. The first-order valence-corrected chi connectivity index (χ1v) is 7.57. The van der Waals surface area contributed by atoms with E-state index in [0.29, 0.717) is 5.02 Å². The summed E-state index contributed by atoms with van der Waals surface area (Å²) in [5.74, 6) is 0. The van der Waals surface area contributed by atoms with Gasteiger partial charge in [0, 0.05) is 10.3 Å². The summed E-state index contributed by atoms with van der Waals surface area (Å²) in [6.07, 6.45) is -0.614. The van der Waals surface area contributed by atoms with Crippen LogP contribution in [0.2, 0.25) is 5.02 Å². The second-order valence-electron chi connectivity index (χ2n) is 4.56. The molecular weight excluding hydrogens is 288 g/mol. The number of benzene rings is 2. The normalized spacial score (nSPS) is 12.3. The van der Waals surface area contributed by atoms with Crippen LogP contribution in [0, 0.1) is 0 Å². The quantitative estimate of drug-likeness (QED) is 0.709. The Morgan fingerprint density at radius 3 is 2.15 bits per heavy atom. The number of hydrogen-bond acceptors (Lipinski definition) is 2. The summed E-state index contributed by atoms with van der Waals surface area (Å²) >= 11 is 7.37. The van der Waals surface area contributed by atoms with Gasteiger partial charge in [-0.05, 0) is 22.8 Å². The summed E-state index contributed by atoms with van der Waals surface area (Å²) in [6.45, 7) is 0. The van der Waals surface area contributed by atoms with E-state index in [4.69, 9.17) is 11.6 Å². The van der Waals surface area contributed by atoms with E-state index >= 15 is 0 Å². The summed E-state index contributed by atoms with van der Waals surface area (Å²) < 4.78 is 0. The highest BCUT2D eigenvalue weighted by molar-refractivity contribution is 7.10. The largest absolute Gasteiger partial charge is 0.383 e. The van der Waals surface area contributed by atoms with Crippen molar-refractivity contribution in [2.45, 2.75) is 6.10 Å². The first-order valence-electron chi connectivity index (χ1n) is 6.31. The molecule has 3 rings (SSSR count). The van der Waals surface area contributed by atoms with Crippen molar-refractivity contribution in [1.82, 2.24) is 0 Å². The van der Waals surface area contributed by atoms with Gasteiger partial charge in [0.25, 0.3) is 0 Å². The highest BCUT2D eigenvalue weighted by Gasteiger charge is 2.12. The Kier molecular flexibility index (Phi) is 3.88. The lowest BCUT2D eigenvalue weighted by atomic mass is 10.0. The van der Waals surface area contributed by atoms with Crippen LogP contribution in [0.1, 0.15) is 16.5 Å². The summed E-state index contributed by atoms with van der Waals surface area (Å²) in [5, 5.41) is 12.8. The fraction of sp³-hybridized carbons (Fsp3) is 0.0588. The van der Waals surface area contributed by atoms with Gasteiger partial charge >= 0.3 is 0 Å². The molecule has 0 fully saturated rings. The van der Waals surface area contributed by atoms with E-state index in [2.05, 4.69) is 12.1 Å². The van der Waals surface area contributed by atoms with Gasteiger partial charge < -0.3 is 5.11 Å². The van der Waals surface area contributed by atoms with Crippen LogP contribution in [-0.4, -0.2) is 5.11 Å². The SMILES string of the molecule is OC(c1ccc(-c2ccccc2)cc1)c1cc(Cl)cs1. The van der Waals surface area contributed by atoms with Crippen molar-refractivity contribution in [1.29, 1.82) is 0 Å². The van der Waals surface area contributed by atoms with Gasteiger partial charge in [0.1, 0.15) is 6.10 Å². The van der Waals surface area contributed by atoms with Gasteiger partial charge in [-0.1, -0.05) is 66.2 Å². The summed E-state index contributed by atoms with van der Waals surface area (Å²) in [5.41, 5.74) is 3.20. The lowest BCUT2D eigenvalue weighted by Crippen LogP contribution is -1.96. The molecule has 0 aliphatic heterocycles. The Balaban J connectivity index is 1.86. The molecule has 0 aliphatic carbocycles. The third-order valence-corrected chi connectivity index (χ3v) is 4.52. The number of hydrogen-bond donors (Lipinski definition) is 1. The molecule has 3 aromatic rings. The predicted octanol–water partition coefficient (Wildman–Crippen LogP) is 5.15. The third-order valence-electron chi connectivity index (χ3n) is 3.19. The van der Waals surface area contributed by atoms with Gasteiger partial charge in [-0.25, -0.2) is 0 Å². The van der Waals surface area contributed by atoms with Gasteiger partial charge in [0.15, 0.2) is 0 Å². The maximum absolute atomic E-state index is 10.3. The van der Waals surface area contributed by atoms with Crippen molar-refractivity contribution < 1.29 is 5.11 Å². The minimum Gasteiger partial charge on any atom is -0.383 e. The van der Waals surface area contributed by atoms with Crippen molar-refractivity contribution >= 4 is 22.9 Å². The molecule has 1 atom stereocenters. The Morgan fingerprint density at radius 2 is 1.55 bits per heavy atom. The Bertz CT molecular complexity index is 689. The van der Waals surface area contributed by atoms with Gasteiger partial charge in [-0.15, -0.1) is 11.3 Å². The molecule has 1 nitrogen and oxygen atoms in total. The van der Waals surface area contributed by atoms with E-state index < -0.39 is 6.10 Å². The summed E-state index contributed by atoms with van der Waals surface area (Å²) in [7, 11) is 0. The zero-order valence-electron chi connectivity index (χ0n) is 10.7.